The minimum Gasteiger partial charge on any atom is -0.462 e. The van der Waals surface area contributed by atoms with Gasteiger partial charge in [0.05, 0.1) is 0 Å². The van der Waals surface area contributed by atoms with Crippen molar-refractivity contribution in [1.82, 2.24) is 0 Å². The van der Waals surface area contributed by atoms with Gasteiger partial charge in [-0.25, -0.2) is 0 Å². The third kappa shape index (κ3) is 45.5. The van der Waals surface area contributed by atoms with Crippen molar-refractivity contribution < 1.29 is 28.6 Å². The summed E-state index contributed by atoms with van der Waals surface area (Å²) in [5, 5.41) is 0. The summed E-state index contributed by atoms with van der Waals surface area (Å²) >= 11 is 0. The summed E-state index contributed by atoms with van der Waals surface area (Å²) in [5.41, 5.74) is 0. The van der Waals surface area contributed by atoms with Gasteiger partial charge in [-0.05, 0) is 19.3 Å². The number of carbonyl (C=O) groups excluding carboxylic acids is 3. The van der Waals surface area contributed by atoms with Crippen LogP contribution in [0, 0.1) is 0 Å². The fraction of sp³-hybridized carbons (Fsp3) is 0.942. The fourth-order valence-corrected chi connectivity index (χ4v) is 7.92. The second kappa shape index (κ2) is 48.1. The van der Waals surface area contributed by atoms with Gasteiger partial charge < -0.3 is 14.2 Å². The molecule has 0 aliphatic heterocycles. The zero-order valence-corrected chi connectivity index (χ0v) is 39.3. The molecule has 6 nitrogen and oxygen atoms in total. The van der Waals surface area contributed by atoms with Crippen LogP contribution in [0.15, 0.2) is 0 Å². The average Bonchev–Trinajstić information content (AvgIpc) is 3.22. The molecule has 0 aromatic rings. The van der Waals surface area contributed by atoms with Crippen LogP contribution in [0.4, 0.5) is 0 Å². The molecule has 0 N–H and O–H groups in total. The van der Waals surface area contributed by atoms with E-state index in [0.717, 1.165) is 57.8 Å². The minimum absolute atomic E-state index is 0.0622. The summed E-state index contributed by atoms with van der Waals surface area (Å²) in [7, 11) is 0. The van der Waals surface area contributed by atoms with E-state index in [1.807, 2.05) is 0 Å². The Morgan fingerprint density at radius 1 is 0.276 bits per heavy atom. The minimum atomic E-state index is -0.758. The Kier molecular flexibility index (Phi) is 46.8. The van der Waals surface area contributed by atoms with Crippen molar-refractivity contribution in [2.24, 2.45) is 0 Å². The Bertz CT molecular complexity index is 859. The standard InChI is InChI=1S/C52H100O6/c1-4-7-10-13-16-19-21-23-24-25-26-27-28-30-31-33-36-39-42-45-51(54)57-48-49(47-56-50(53)44-41-38-35-18-15-12-9-6-3)58-52(55)46-43-40-37-34-32-29-22-20-17-14-11-8-5-2/h49H,4-48H2,1-3H3. The van der Waals surface area contributed by atoms with Crippen LogP contribution in [-0.4, -0.2) is 37.2 Å². The first-order valence-corrected chi connectivity index (χ1v) is 26.0. The monoisotopic (exact) mass is 821 g/mol. The van der Waals surface area contributed by atoms with Gasteiger partial charge in [-0.1, -0.05) is 258 Å². The van der Waals surface area contributed by atoms with Gasteiger partial charge >= 0.3 is 17.9 Å². The maximum absolute atomic E-state index is 12.7. The quantitative estimate of drug-likeness (QED) is 0.0346. The van der Waals surface area contributed by atoms with Gasteiger partial charge in [0.2, 0.25) is 0 Å². The van der Waals surface area contributed by atoms with Crippen LogP contribution in [0.5, 0.6) is 0 Å². The Labute approximate surface area is 361 Å². The van der Waals surface area contributed by atoms with Gasteiger partial charge in [0, 0.05) is 19.3 Å². The fourth-order valence-electron chi connectivity index (χ4n) is 7.92. The van der Waals surface area contributed by atoms with E-state index < -0.39 is 6.10 Å². The molecule has 0 aliphatic rings. The summed E-state index contributed by atoms with van der Waals surface area (Å²) in [5.74, 6) is -0.847. The number of rotatable bonds is 48. The highest BCUT2D eigenvalue weighted by molar-refractivity contribution is 5.71. The summed E-state index contributed by atoms with van der Waals surface area (Å²) in [4.78, 5) is 37.8. The third-order valence-corrected chi connectivity index (χ3v) is 11.9. The summed E-state index contributed by atoms with van der Waals surface area (Å²) < 4.78 is 16.8. The Hall–Kier alpha value is -1.59. The predicted molar refractivity (Wildman–Crippen MR) is 247 cm³/mol. The van der Waals surface area contributed by atoms with E-state index >= 15 is 0 Å². The lowest BCUT2D eigenvalue weighted by Gasteiger charge is -2.18. The normalized spacial score (nSPS) is 11.8. The first-order valence-electron chi connectivity index (χ1n) is 26.0. The van der Waals surface area contributed by atoms with Crippen LogP contribution < -0.4 is 0 Å². The van der Waals surface area contributed by atoms with E-state index in [1.165, 1.54) is 199 Å². The molecule has 0 bridgehead atoms. The Morgan fingerprint density at radius 2 is 0.466 bits per heavy atom. The third-order valence-electron chi connectivity index (χ3n) is 11.9. The lowest BCUT2D eigenvalue weighted by atomic mass is 10.0. The molecule has 58 heavy (non-hydrogen) atoms. The van der Waals surface area contributed by atoms with Gasteiger partial charge in [-0.3, -0.25) is 14.4 Å². The average molecular weight is 821 g/mol. The number of hydrogen-bond donors (Lipinski definition) is 0. The first-order chi connectivity index (χ1) is 28.5. The van der Waals surface area contributed by atoms with E-state index in [2.05, 4.69) is 20.8 Å². The highest BCUT2D eigenvalue weighted by atomic mass is 16.6. The van der Waals surface area contributed by atoms with Gasteiger partial charge in [0.15, 0.2) is 6.10 Å². The van der Waals surface area contributed by atoms with Gasteiger partial charge in [-0.15, -0.1) is 0 Å². The van der Waals surface area contributed by atoms with E-state index in [9.17, 15) is 14.4 Å². The highest BCUT2D eigenvalue weighted by Gasteiger charge is 2.19. The highest BCUT2D eigenvalue weighted by Crippen LogP contribution is 2.17. The maximum atomic E-state index is 12.7. The molecule has 0 saturated carbocycles. The van der Waals surface area contributed by atoms with Crippen molar-refractivity contribution in [1.29, 1.82) is 0 Å². The number of unbranched alkanes of at least 4 members (excludes halogenated alkanes) is 37. The molecule has 0 saturated heterocycles. The zero-order valence-electron chi connectivity index (χ0n) is 39.3. The summed E-state index contributed by atoms with van der Waals surface area (Å²) in [6, 6.07) is 0. The van der Waals surface area contributed by atoms with Crippen LogP contribution >= 0.6 is 0 Å². The van der Waals surface area contributed by atoms with Crippen LogP contribution in [0.3, 0.4) is 0 Å². The van der Waals surface area contributed by atoms with E-state index in [4.69, 9.17) is 14.2 Å². The maximum Gasteiger partial charge on any atom is 0.306 e. The molecule has 0 heterocycles. The summed E-state index contributed by atoms with van der Waals surface area (Å²) in [6.45, 7) is 6.65. The predicted octanol–water partition coefficient (Wildman–Crippen LogP) is 16.8. The van der Waals surface area contributed by atoms with Gasteiger partial charge in [0.25, 0.3) is 0 Å². The Morgan fingerprint density at radius 3 is 0.690 bits per heavy atom. The van der Waals surface area contributed by atoms with E-state index in [-0.39, 0.29) is 31.1 Å². The van der Waals surface area contributed by atoms with Crippen molar-refractivity contribution in [3.05, 3.63) is 0 Å². The Balaban J connectivity index is 4.18. The molecule has 6 heteroatoms. The number of ether oxygens (including phenoxy) is 3. The van der Waals surface area contributed by atoms with Crippen LogP contribution in [0.1, 0.15) is 297 Å². The van der Waals surface area contributed by atoms with Crippen molar-refractivity contribution in [2.75, 3.05) is 13.2 Å². The molecular formula is C52H100O6. The van der Waals surface area contributed by atoms with Crippen LogP contribution in [-0.2, 0) is 28.6 Å². The zero-order chi connectivity index (χ0) is 42.3. The van der Waals surface area contributed by atoms with Crippen molar-refractivity contribution >= 4 is 17.9 Å². The lowest BCUT2D eigenvalue weighted by molar-refractivity contribution is -0.167. The topological polar surface area (TPSA) is 78.9 Å². The largest absolute Gasteiger partial charge is 0.462 e. The molecule has 0 spiro atoms. The van der Waals surface area contributed by atoms with Gasteiger partial charge in [-0.2, -0.15) is 0 Å². The van der Waals surface area contributed by atoms with Crippen molar-refractivity contribution in [2.45, 2.75) is 303 Å². The number of esters is 3. The van der Waals surface area contributed by atoms with Crippen LogP contribution in [0.2, 0.25) is 0 Å². The molecular weight excluding hydrogens is 721 g/mol. The first kappa shape index (κ1) is 56.4. The smallest absolute Gasteiger partial charge is 0.306 e. The molecule has 0 amide bonds. The van der Waals surface area contributed by atoms with E-state index in [1.54, 1.807) is 0 Å². The van der Waals surface area contributed by atoms with E-state index in [0.29, 0.717) is 19.3 Å². The second-order valence-corrected chi connectivity index (χ2v) is 17.8. The van der Waals surface area contributed by atoms with Crippen molar-refractivity contribution in [3.8, 4) is 0 Å². The number of hydrogen-bond acceptors (Lipinski definition) is 6. The van der Waals surface area contributed by atoms with Gasteiger partial charge in [0.1, 0.15) is 13.2 Å². The summed E-state index contributed by atoms with van der Waals surface area (Å²) in [6.07, 6.45) is 51.0. The molecule has 0 aromatic carbocycles. The molecule has 0 radical (unpaired) electrons. The molecule has 0 aromatic heterocycles. The molecule has 0 rings (SSSR count). The molecule has 0 fully saturated rings. The number of carbonyl (C=O) groups is 3. The molecule has 1 atom stereocenters. The lowest BCUT2D eigenvalue weighted by Crippen LogP contribution is -2.30. The SMILES string of the molecule is CCCCCCCCCCCCCCCCCCCCCC(=O)OCC(COC(=O)CCCCCCCCCC)OC(=O)CCCCCCCCCCCCCCC. The van der Waals surface area contributed by atoms with Crippen molar-refractivity contribution in [3.63, 3.8) is 0 Å². The molecule has 344 valence electrons. The second-order valence-electron chi connectivity index (χ2n) is 17.8. The molecule has 1 unspecified atom stereocenters. The molecule has 0 aliphatic carbocycles. The van der Waals surface area contributed by atoms with Crippen LogP contribution in [0.25, 0.3) is 0 Å².